The first kappa shape index (κ1) is 16.0. The molecule has 1 aromatic heterocycles. The Hall–Kier alpha value is -0.360. The molecule has 1 unspecified atom stereocenters. The van der Waals surface area contributed by atoms with E-state index in [1.165, 1.54) is 10.5 Å². The maximum atomic E-state index is 4.38. The van der Waals surface area contributed by atoms with Crippen molar-refractivity contribution in [2.45, 2.75) is 29.8 Å². The van der Waals surface area contributed by atoms with Crippen LogP contribution in [0.25, 0.3) is 0 Å². The molecule has 1 N–H and O–H groups in total. The lowest BCUT2D eigenvalue weighted by Gasteiger charge is -2.14. The lowest BCUT2D eigenvalue weighted by molar-refractivity contribution is 0.597. The van der Waals surface area contributed by atoms with Crippen LogP contribution in [0.2, 0.25) is 0 Å². The molecule has 0 aliphatic heterocycles. The fourth-order valence-electron chi connectivity index (χ4n) is 1.83. The van der Waals surface area contributed by atoms with E-state index in [0.717, 1.165) is 20.5 Å². The maximum absolute atomic E-state index is 4.38. The van der Waals surface area contributed by atoms with Crippen molar-refractivity contribution < 1.29 is 0 Å². The van der Waals surface area contributed by atoms with E-state index in [0.29, 0.717) is 6.04 Å². The molecule has 0 fully saturated rings. The van der Waals surface area contributed by atoms with Gasteiger partial charge in [-0.05, 0) is 75.2 Å². The highest BCUT2D eigenvalue weighted by Gasteiger charge is 2.08. The molecule has 0 amide bonds. The van der Waals surface area contributed by atoms with Gasteiger partial charge in [-0.15, -0.1) is 0 Å². The van der Waals surface area contributed by atoms with Crippen LogP contribution in [-0.4, -0.2) is 11.5 Å². The van der Waals surface area contributed by atoms with E-state index >= 15 is 0 Å². The Morgan fingerprint density at radius 3 is 2.65 bits per heavy atom. The van der Waals surface area contributed by atoms with Gasteiger partial charge in [0.1, 0.15) is 5.03 Å². The number of hydrogen-bond donors (Lipinski definition) is 1. The van der Waals surface area contributed by atoms with Gasteiger partial charge in [0, 0.05) is 26.1 Å². The Labute approximate surface area is 141 Å². The molecule has 1 atom stereocenters. The Balaban J connectivity index is 2.15. The normalized spacial score (nSPS) is 12.4. The zero-order valence-corrected chi connectivity index (χ0v) is 15.3. The second kappa shape index (κ2) is 7.59. The van der Waals surface area contributed by atoms with E-state index in [1.54, 1.807) is 11.8 Å². The van der Waals surface area contributed by atoms with Gasteiger partial charge in [-0.25, -0.2) is 4.98 Å². The summed E-state index contributed by atoms with van der Waals surface area (Å²) in [7, 11) is 0. The monoisotopic (exact) mass is 414 g/mol. The van der Waals surface area contributed by atoms with Crippen molar-refractivity contribution in [2.24, 2.45) is 0 Å². The molecule has 5 heteroatoms. The van der Waals surface area contributed by atoms with Crippen LogP contribution in [0, 0.1) is 0 Å². The summed E-state index contributed by atoms with van der Waals surface area (Å²) in [5.74, 6) is 0. The highest BCUT2D eigenvalue weighted by Crippen LogP contribution is 2.34. The Kier molecular flexibility index (Phi) is 6.08. The second-order valence-electron chi connectivity index (χ2n) is 4.39. The van der Waals surface area contributed by atoms with Crippen LogP contribution in [0.5, 0.6) is 0 Å². The molecule has 2 rings (SSSR count). The molecule has 0 radical (unpaired) electrons. The van der Waals surface area contributed by atoms with E-state index in [2.05, 4.69) is 74.2 Å². The average Bonchev–Trinajstić information content (AvgIpc) is 2.43. The van der Waals surface area contributed by atoms with Crippen LogP contribution in [0.15, 0.2) is 55.4 Å². The van der Waals surface area contributed by atoms with Gasteiger partial charge < -0.3 is 5.32 Å². The zero-order valence-electron chi connectivity index (χ0n) is 11.4. The minimum absolute atomic E-state index is 0.362. The fourth-order valence-corrected chi connectivity index (χ4v) is 3.46. The van der Waals surface area contributed by atoms with Crippen LogP contribution in [-0.2, 0) is 0 Å². The summed E-state index contributed by atoms with van der Waals surface area (Å²) < 4.78 is 2.10. The van der Waals surface area contributed by atoms with E-state index in [4.69, 9.17) is 0 Å². The van der Waals surface area contributed by atoms with Gasteiger partial charge in [0.15, 0.2) is 0 Å². The number of nitrogens with one attached hydrogen (secondary N) is 1. The van der Waals surface area contributed by atoms with Crippen molar-refractivity contribution in [2.75, 3.05) is 6.54 Å². The summed E-state index contributed by atoms with van der Waals surface area (Å²) >= 11 is 8.71. The van der Waals surface area contributed by atoms with Crippen molar-refractivity contribution in [1.29, 1.82) is 0 Å². The molecule has 1 aromatic carbocycles. The van der Waals surface area contributed by atoms with Crippen molar-refractivity contribution in [3.05, 3.63) is 51.0 Å². The van der Waals surface area contributed by atoms with Gasteiger partial charge in [-0.1, -0.05) is 24.8 Å². The summed E-state index contributed by atoms with van der Waals surface area (Å²) in [5, 5.41) is 4.41. The molecule has 0 bridgehead atoms. The quantitative estimate of drug-likeness (QED) is 0.704. The van der Waals surface area contributed by atoms with Crippen LogP contribution in [0.4, 0.5) is 0 Å². The summed E-state index contributed by atoms with van der Waals surface area (Å²) in [4.78, 5) is 5.56. The number of benzene rings is 1. The molecule has 2 nitrogen and oxygen atoms in total. The molecular formula is C15H16Br2N2S. The number of pyridine rings is 1. The molecule has 0 spiro atoms. The second-order valence-corrected chi connectivity index (χ2v) is 7.22. The van der Waals surface area contributed by atoms with Gasteiger partial charge in [0.2, 0.25) is 0 Å². The molecule has 0 aliphatic rings. The zero-order chi connectivity index (χ0) is 14.5. The smallest absolute Gasteiger partial charge is 0.101 e. The topological polar surface area (TPSA) is 24.9 Å². The summed E-state index contributed by atoms with van der Waals surface area (Å²) in [6.45, 7) is 5.27. The third-order valence-corrected chi connectivity index (χ3v) is 5.30. The first-order chi connectivity index (χ1) is 9.60. The molecule has 1 heterocycles. The third-order valence-electron chi connectivity index (χ3n) is 2.88. The van der Waals surface area contributed by atoms with E-state index in [1.807, 2.05) is 18.3 Å². The van der Waals surface area contributed by atoms with Crippen molar-refractivity contribution in [3.63, 3.8) is 0 Å². The molecule has 0 saturated carbocycles. The molecular weight excluding hydrogens is 400 g/mol. The Morgan fingerprint density at radius 1 is 1.25 bits per heavy atom. The molecule has 0 saturated heterocycles. The van der Waals surface area contributed by atoms with Gasteiger partial charge in [0.25, 0.3) is 0 Å². The van der Waals surface area contributed by atoms with E-state index in [-0.39, 0.29) is 0 Å². The maximum Gasteiger partial charge on any atom is 0.101 e. The number of hydrogen-bond acceptors (Lipinski definition) is 3. The Bertz CT molecular complexity index is 573. The lowest BCUT2D eigenvalue weighted by atomic mass is 10.1. The predicted molar refractivity (Wildman–Crippen MR) is 92.3 cm³/mol. The van der Waals surface area contributed by atoms with Crippen LogP contribution >= 0.6 is 43.6 Å². The fraction of sp³-hybridized carbons (Fsp3) is 0.267. The molecule has 0 aliphatic carbocycles. The van der Waals surface area contributed by atoms with Crippen molar-refractivity contribution in [1.82, 2.24) is 10.3 Å². The average molecular weight is 416 g/mol. The first-order valence-electron chi connectivity index (χ1n) is 6.42. The molecule has 106 valence electrons. The minimum atomic E-state index is 0.362. The number of rotatable bonds is 5. The van der Waals surface area contributed by atoms with Gasteiger partial charge in [-0.2, -0.15) is 0 Å². The van der Waals surface area contributed by atoms with E-state index in [9.17, 15) is 0 Å². The number of aromatic nitrogens is 1. The first-order valence-corrected chi connectivity index (χ1v) is 8.82. The summed E-state index contributed by atoms with van der Waals surface area (Å²) in [6.07, 6.45) is 1.82. The van der Waals surface area contributed by atoms with Gasteiger partial charge in [-0.3, -0.25) is 0 Å². The highest BCUT2D eigenvalue weighted by molar-refractivity contribution is 9.10. The van der Waals surface area contributed by atoms with Crippen molar-refractivity contribution >= 4 is 43.6 Å². The lowest BCUT2D eigenvalue weighted by Crippen LogP contribution is -2.17. The van der Waals surface area contributed by atoms with Crippen LogP contribution < -0.4 is 5.32 Å². The minimum Gasteiger partial charge on any atom is -0.310 e. The highest BCUT2D eigenvalue weighted by atomic mass is 79.9. The van der Waals surface area contributed by atoms with Gasteiger partial charge >= 0.3 is 0 Å². The van der Waals surface area contributed by atoms with Gasteiger partial charge in [0.05, 0.1) is 0 Å². The standard InChI is InChI=1S/C15H16Br2N2S/c1-3-18-10(2)11-4-6-14(13(17)8-11)20-15-7-5-12(16)9-19-15/h4-10,18H,3H2,1-2H3. The third kappa shape index (κ3) is 4.32. The summed E-state index contributed by atoms with van der Waals surface area (Å²) in [5.41, 5.74) is 1.28. The SMILES string of the molecule is CCNC(C)c1ccc(Sc2ccc(Br)cn2)c(Br)c1. The number of nitrogens with zero attached hydrogens (tertiary/aromatic N) is 1. The van der Waals surface area contributed by atoms with Crippen LogP contribution in [0.3, 0.4) is 0 Å². The predicted octanol–water partition coefficient (Wildman–Crippen LogP) is 5.43. The van der Waals surface area contributed by atoms with Crippen molar-refractivity contribution in [3.8, 4) is 0 Å². The summed E-state index contributed by atoms with van der Waals surface area (Å²) in [6, 6.07) is 10.9. The number of halogens is 2. The van der Waals surface area contributed by atoms with Crippen LogP contribution in [0.1, 0.15) is 25.5 Å². The Morgan fingerprint density at radius 2 is 2.05 bits per heavy atom. The largest absolute Gasteiger partial charge is 0.310 e. The van der Waals surface area contributed by atoms with E-state index < -0.39 is 0 Å². The molecule has 20 heavy (non-hydrogen) atoms. The molecule has 2 aromatic rings.